The van der Waals surface area contributed by atoms with Crippen molar-refractivity contribution in [1.82, 2.24) is 5.32 Å². The maximum absolute atomic E-state index is 14.4. The summed E-state index contributed by atoms with van der Waals surface area (Å²) < 4.78 is 121. The number of carbonyl (C=O) groups excluding carboxylic acids is 1. The van der Waals surface area contributed by atoms with Crippen molar-refractivity contribution >= 4 is 37.6 Å². The lowest BCUT2D eigenvalue weighted by molar-refractivity contribution is -0.143. The van der Waals surface area contributed by atoms with Crippen LogP contribution in [-0.4, -0.2) is 49.8 Å². The van der Waals surface area contributed by atoms with Crippen molar-refractivity contribution in [1.29, 1.82) is 0 Å². The van der Waals surface area contributed by atoms with Crippen LogP contribution in [0, 0.1) is 0 Å². The van der Waals surface area contributed by atoms with E-state index in [1.165, 1.54) is 24.3 Å². The molecule has 1 heterocycles. The van der Waals surface area contributed by atoms with Gasteiger partial charge in [-0.15, -0.1) is 0 Å². The van der Waals surface area contributed by atoms with Crippen LogP contribution in [0.2, 0.25) is 0 Å². The average molecular weight is 814 g/mol. The lowest BCUT2D eigenvalue weighted by Gasteiger charge is -2.31. The average Bonchev–Trinajstić information content (AvgIpc) is 3.50. The van der Waals surface area contributed by atoms with Crippen molar-refractivity contribution in [2.75, 3.05) is 19.0 Å². The predicted molar refractivity (Wildman–Crippen MR) is 182 cm³/mol. The highest BCUT2D eigenvalue weighted by Crippen LogP contribution is 2.45. The highest BCUT2D eigenvalue weighted by atomic mass is 79.9. The number of ether oxygens (including phenoxy) is 2. The molecular formula is C36H31BrF6N2O6S. The number of rotatable bonds is 13. The number of nitrogens with zero attached hydrogens (tertiary/aromatic N) is 1. The van der Waals surface area contributed by atoms with Crippen LogP contribution in [0.15, 0.2) is 111 Å². The van der Waals surface area contributed by atoms with Gasteiger partial charge in [0.2, 0.25) is 5.90 Å². The second kappa shape index (κ2) is 15.7. The molecule has 2 atom stereocenters. The molecule has 0 aliphatic carbocycles. The van der Waals surface area contributed by atoms with Crippen molar-refractivity contribution in [3.8, 4) is 5.75 Å². The molecule has 0 unspecified atom stereocenters. The first-order chi connectivity index (χ1) is 24.5. The van der Waals surface area contributed by atoms with E-state index in [9.17, 15) is 39.6 Å². The highest BCUT2D eigenvalue weighted by Gasteiger charge is 2.54. The van der Waals surface area contributed by atoms with E-state index in [4.69, 9.17) is 14.6 Å². The number of benzene rings is 4. The minimum Gasteiger partial charge on any atom is -0.494 e. The number of hydrogen-bond donors (Lipinski definition) is 2. The van der Waals surface area contributed by atoms with Crippen LogP contribution in [-0.2, 0) is 38.3 Å². The summed E-state index contributed by atoms with van der Waals surface area (Å²) in [7, 11) is -4.05. The van der Waals surface area contributed by atoms with Crippen LogP contribution in [0.5, 0.6) is 5.75 Å². The Morgan fingerprint density at radius 3 is 2.12 bits per heavy atom. The Kier molecular flexibility index (Phi) is 11.7. The molecule has 4 aromatic carbocycles. The van der Waals surface area contributed by atoms with Gasteiger partial charge >= 0.3 is 12.4 Å². The molecule has 0 aromatic heterocycles. The van der Waals surface area contributed by atoms with Gasteiger partial charge in [0.05, 0.1) is 28.4 Å². The maximum Gasteiger partial charge on any atom is 0.416 e. The quantitative estimate of drug-likeness (QED) is 0.106. The van der Waals surface area contributed by atoms with Gasteiger partial charge in [-0.25, -0.2) is 13.4 Å². The Morgan fingerprint density at radius 2 is 1.52 bits per heavy atom. The molecule has 0 bridgehead atoms. The van der Waals surface area contributed by atoms with Crippen molar-refractivity contribution in [3.63, 3.8) is 0 Å². The Balaban J connectivity index is 1.59. The molecule has 0 fully saturated rings. The number of aliphatic imine (C=N–C) groups is 1. The Labute approximate surface area is 303 Å². The topological polar surface area (TPSA) is 114 Å². The first-order valence-corrected chi connectivity index (χ1v) is 18.2. The second-order valence-corrected chi connectivity index (χ2v) is 14.8. The number of carbonyl (C=O) groups is 1. The Bertz CT molecular complexity index is 1990. The molecule has 52 heavy (non-hydrogen) atoms. The highest BCUT2D eigenvalue weighted by molar-refractivity contribution is 9.10. The third-order valence-electron chi connectivity index (χ3n) is 8.17. The fraction of sp³-hybridized carbons (Fsp3) is 0.278. The maximum atomic E-state index is 14.4. The summed E-state index contributed by atoms with van der Waals surface area (Å²) in [6.45, 7) is -0.611. The monoisotopic (exact) mass is 812 g/mol. The third-order valence-corrected chi connectivity index (χ3v) is 10.6. The standard InChI is InChI=1S/C36H31BrF6N2O6S/c37-30-10-5-4-9-29(30)31-34(15-18-52(48,49)28-7-2-1-3-8-28,45-32(51-31)24-11-13-27(14-12-24)50-17-6-16-46)33(47)44-22-23-19-25(35(38,39)40)21-26(20-23)36(41,42)43/h1-5,7-14,19-21,31,46H,6,15-18,22H2,(H,44,47)/t31-,34-/m1/s1. The van der Waals surface area contributed by atoms with E-state index in [1.54, 1.807) is 54.6 Å². The molecule has 1 aliphatic heterocycles. The molecule has 8 nitrogen and oxygen atoms in total. The van der Waals surface area contributed by atoms with E-state index >= 15 is 0 Å². The minimum atomic E-state index is -5.12. The molecule has 1 aliphatic rings. The molecule has 276 valence electrons. The summed E-state index contributed by atoms with van der Waals surface area (Å²) in [4.78, 5) is 19.1. The number of halogens is 7. The molecule has 0 saturated heterocycles. The van der Waals surface area contributed by atoms with Crippen molar-refractivity contribution in [3.05, 3.63) is 129 Å². The van der Waals surface area contributed by atoms with Gasteiger partial charge in [0.1, 0.15) is 5.75 Å². The number of sulfone groups is 1. The van der Waals surface area contributed by atoms with Crippen LogP contribution in [0.3, 0.4) is 0 Å². The number of nitrogens with one attached hydrogen (secondary N) is 1. The van der Waals surface area contributed by atoms with E-state index < -0.39 is 75.1 Å². The van der Waals surface area contributed by atoms with E-state index in [1.807, 2.05) is 0 Å². The first-order valence-electron chi connectivity index (χ1n) is 15.7. The number of amides is 1. The first kappa shape index (κ1) is 38.8. The summed E-state index contributed by atoms with van der Waals surface area (Å²) in [5, 5.41) is 11.5. The summed E-state index contributed by atoms with van der Waals surface area (Å²) in [5.74, 6) is -1.25. The molecule has 1 amide bonds. The van der Waals surface area contributed by atoms with E-state index in [0.717, 1.165) is 0 Å². The number of aliphatic hydroxyl groups excluding tert-OH is 1. The largest absolute Gasteiger partial charge is 0.494 e. The van der Waals surface area contributed by atoms with Gasteiger partial charge in [0.25, 0.3) is 5.91 Å². The molecule has 4 aromatic rings. The van der Waals surface area contributed by atoms with E-state index in [-0.39, 0.29) is 30.1 Å². The van der Waals surface area contributed by atoms with Crippen LogP contribution < -0.4 is 10.1 Å². The van der Waals surface area contributed by atoms with E-state index in [0.29, 0.717) is 39.9 Å². The fourth-order valence-corrected chi connectivity index (χ4v) is 7.41. The normalized spacial score (nSPS) is 17.7. The lowest BCUT2D eigenvalue weighted by atomic mass is 9.85. The van der Waals surface area contributed by atoms with Crippen LogP contribution in [0.25, 0.3) is 0 Å². The summed E-state index contributed by atoms with van der Waals surface area (Å²) in [6, 6.07) is 21.4. The van der Waals surface area contributed by atoms with Crippen molar-refractivity contribution in [2.45, 2.75) is 48.3 Å². The summed E-state index contributed by atoms with van der Waals surface area (Å²) in [5.41, 5.74) is -4.98. The third kappa shape index (κ3) is 8.96. The van der Waals surface area contributed by atoms with Gasteiger partial charge in [-0.1, -0.05) is 52.3 Å². The van der Waals surface area contributed by atoms with Crippen LogP contribution >= 0.6 is 15.9 Å². The van der Waals surface area contributed by atoms with Crippen molar-refractivity contribution in [2.24, 2.45) is 4.99 Å². The van der Waals surface area contributed by atoms with E-state index in [2.05, 4.69) is 26.2 Å². The summed E-state index contributed by atoms with van der Waals surface area (Å²) in [6.07, 6.45) is -11.6. The van der Waals surface area contributed by atoms with Crippen molar-refractivity contribution < 1.29 is 54.1 Å². The van der Waals surface area contributed by atoms with Gasteiger partial charge in [0.15, 0.2) is 21.5 Å². The molecule has 2 N–H and O–H groups in total. The molecule has 16 heteroatoms. The SMILES string of the molecule is O=C(NCc1cc(C(F)(F)F)cc(C(F)(F)F)c1)[C@]1(CCS(=O)(=O)c2ccccc2)N=C(c2ccc(OCCCO)cc2)O[C@@H]1c1ccccc1Br. The lowest BCUT2D eigenvalue weighted by Crippen LogP contribution is -2.49. The zero-order valence-corrected chi connectivity index (χ0v) is 29.4. The summed E-state index contributed by atoms with van der Waals surface area (Å²) >= 11 is 3.45. The smallest absolute Gasteiger partial charge is 0.416 e. The zero-order chi connectivity index (χ0) is 37.7. The van der Waals surface area contributed by atoms with Gasteiger partial charge in [-0.3, -0.25) is 4.79 Å². The Hall–Kier alpha value is -4.41. The van der Waals surface area contributed by atoms with Gasteiger partial charge in [-0.2, -0.15) is 26.3 Å². The number of aliphatic hydroxyl groups is 1. The predicted octanol–water partition coefficient (Wildman–Crippen LogP) is 7.69. The minimum absolute atomic E-state index is 0.0193. The molecule has 0 saturated carbocycles. The number of hydrogen-bond acceptors (Lipinski definition) is 7. The van der Waals surface area contributed by atoms with Gasteiger partial charge in [0, 0.05) is 41.6 Å². The van der Waals surface area contributed by atoms with Gasteiger partial charge < -0.3 is 19.9 Å². The molecule has 0 radical (unpaired) electrons. The molecule has 5 rings (SSSR count). The fourth-order valence-electron chi connectivity index (χ4n) is 5.53. The molecular weight excluding hydrogens is 782 g/mol. The van der Waals surface area contributed by atoms with Crippen LogP contribution in [0.1, 0.15) is 46.8 Å². The van der Waals surface area contributed by atoms with Gasteiger partial charge in [-0.05, 0) is 66.2 Å². The Morgan fingerprint density at radius 1 is 0.904 bits per heavy atom. The second-order valence-electron chi connectivity index (χ2n) is 11.8. The molecule has 0 spiro atoms. The van der Waals surface area contributed by atoms with Crippen LogP contribution in [0.4, 0.5) is 26.3 Å². The number of alkyl halides is 6. The zero-order valence-electron chi connectivity index (χ0n) is 27.0.